The van der Waals surface area contributed by atoms with Crippen LogP contribution in [0.3, 0.4) is 0 Å². The molecule has 20 heavy (non-hydrogen) atoms. The molecule has 0 fully saturated rings. The molecular weight excluding hydrogens is 260 g/mol. The number of hydrogen-bond acceptors (Lipinski definition) is 5. The van der Waals surface area contributed by atoms with E-state index >= 15 is 0 Å². The molecule has 2 rings (SSSR count). The highest BCUT2D eigenvalue weighted by Crippen LogP contribution is 2.09. The van der Waals surface area contributed by atoms with Crippen molar-refractivity contribution in [1.82, 2.24) is 30.0 Å². The van der Waals surface area contributed by atoms with Crippen LogP contribution in [-0.2, 0) is 17.8 Å². The van der Waals surface area contributed by atoms with Crippen LogP contribution in [0.4, 0.5) is 0 Å². The second kappa shape index (κ2) is 5.64. The third-order valence-electron chi connectivity index (χ3n) is 3.06. The fourth-order valence-electron chi connectivity index (χ4n) is 1.92. The first-order valence-electron chi connectivity index (χ1n) is 6.12. The summed E-state index contributed by atoms with van der Waals surface area (Å²) in [6.45, 7) is 3.84. The lowest BCUT2D eigenvalue weighted by Gasteiger charge is -2.16. The van der Waals surface area contributed by atoms with Crippen LogP contribution in [0.25, 0.3) is 0 Å². The molecule has 0 aliphatic heterocycles. The zero-order valence-corrected chi connectivity index (χ0v) is 11.6. The number of carbonyl (C=O) groups is 1. The number of likely N-dealkylation sites (N-methyl/N-ethyl adjacent to an activating group) is 1. The number of aryl methyl sites for hydroxylation is 2. The Kier molecular flexibility index (Phi) is 3.92. The molecule has 0 saturated carbocycles. The molecule has 0 atom stereocenters. The van der Waals surface area contributed by atoms with Gasteiger partial charge >= 0.3 is 5.69 Å². The van der Waals surface area contributed by atoms with Crippen molar-refractivity contribution in [1.29, 1.82) is 0 Å². The van der Waals surface area contributed by atoms with E-state index in [4.69, 9.17) is 0 Å². The van der Waals surface area contributed by atoms with E-state index in [0.717, 1.165) is 5.56 Å². The lowest BCUT2D eigenvalue weighted by molar-refractivity contribution is -0.129. The third-order valence-corrected chi connectivity index (χ3v) is 3.06. The van der Waals surface area contributed by atoms with Crippen LogP contribution < -0.4 is 5.69 Å². The number of H-pyrrole nitrogens is 2. The van der Waals surface area contributed by atoms with E-state index in [1.165, 1.54) is 6.33 Å². The summed E-state index contributed by atoms with van der Waals surface area (Å²) in [5, 5.41) is 6.43. The summed E-state index contributed by atoms with van der Waals surface area (Å²) in [7, 11) is 1.69. The average Bonchev–Trinajstić information content (AvgIpc) is 2.86. The number of nitrogens with one attached hydrogen (secondary N) is 2. The summed E-state index contributed by atoms with van der Waals surface area (Å²) in [5.41, 5.74) is 1.60. The number of hydrogen-bond donors (Lipinski definition) is 2. The van der Waals surface area contributed by atoms with Gasteiger partial charge in [-0.2, -0.15) is 10.1 Å². The fourth-order valence-corrected chi connectivity index (χ4v) is 1.92. The zero-order chi connectivity index (χ0) is 14.7. The van der Waals surface area contributed by atoms with Gasteiger partial charge in [0.1, 0.15) is 12.2 Å². The van der Waals surface area contributed by atoms with Gasteiger partial charge in [0.05, 0.1) is 13.0 Å². The van der Waals surface area contributed by atoms with Crippen molar-refractivity contribution in [2.75, 3.05) is 7.05 Å². The summed E-state index contributed by atoms with van der Waals surface area (Å²) in [6.07, 6.45) is 1.58. The maximum Gasteiger partial charge on any atom is 0.345 e. The maximum absolute atomic E-state index is 12.2. The molecule has 0 unspecified atom stereocenters. The number of nitrogens with zero attached hydrogens (tertiary/aromatic N) is 4. The molecule has 8 nitrogen and oxygen atoms in total. The molecule has 0 radical (unpaired) electrons. The summed E-state index contributed by atoms with van der Waals surface area (Å²) in [5.74, 6) is 0.537. The van der Waals surface area contributed by atoms with E-state index in [2.05, 4.69) is 25.1 Å². The molecule has 0 aliphatic carbocycles. The SMILES string of the molecule is Cc1nc(=O)[nH]c(C)c1CC(=O)N(C)Cc1ncn[nH]1. The minimum absolute atomic E-state index is 0.0820. The maximum atomic E-state index is 12.2. The Bertz CT molecular complexity index is 635. The van der Waals surface area contributed by atoms with Gasteiger partial charge in [0.25, 0.3) is 0 Å². The molecular formula is C12H16N6O2. The molecule has 2 heterocycles. The standard InChI is InChI=1S/C12H16N6O2/c1-7-9(8(2)16-12(20)15-7)4-11(19)18(3)5-10-13-6-14-17-10/h6H,4-5H2,1-3H3,(H,13,14,17)(H,15,16,20). The number of carbonyl (C=O) groups excluding carboxylic acids is 1. The Labute approximate surface area is 115 Å². The molecule has 2 N–H and O–H groups in total. The molecule has 0 aromatic carbocycles. The summed E-state index contributed by atoms with van der Waals surface area (Å²) >= 11 is 0. The summed E-state index contributed by atoms with van der Waals surface area (Å²) in [6, 6.07) is 0. The first-order chi connectivity index (χ1) is 9.47. The lowest BCUT2D eigenvalue weighted by Crippen LogP contribution is -2.29. The third kappa shape index (κ3) is 3.08. The molecule has 0 bridgehead atoms. The topological polar surface area (TPSA) is 108 Å². The Morgan fingerprint density at radius 1 is 1.40 bits per heavy atom. The van der Waals surface area contributed by atoms with Crippen LogP contribution in [-0.4, -0.2) is 43.0 Å². The smallest absolute Gasteiger partial charge is 0.338 e. The van der Waals surface area contributed by atoms with Crippen molar-refractivity contribution in [2.45, 2.75) is 26.8 Å². The van der Waals surface area contributed by atoms with Crippen molar-refractivity contribution < 1.29 is 4.79 Å². The van der Waals surface area contributed by atoms with Gasteiger partial charge < -0.3 is 9.88 Å². The quantitative estimate of drug-likeness (QED) is 0.797. The molecule has 1 amide bonds. The van der Waals surface area contributed by atoms with Crippen molar-refractivity contribution in [3.63, 3.8) is 0 Å². The highest BCUT2D eigenvalue weighted by atomic mass is 16.2. The largest absolute Gasteiger partial charge is 0.345 e. The van der Waals surface area contributed by atoms with E-state index < -0.39 is 5.69 Å². The second-order valence-corrected chi connectivity index (χ2v) is 4.59. The molecule has 8 heteroatoms. The van der Waals surface area contributed by atoms with Gasteiger partial charge in [-0.1, -0.05) is 0 Å². The van der Waals surface area contributed by atoms with Crippen molar-refractivity contribution >= 4 is 5.91 Å². The number of rotatable bonds is 4. The minimum atomic E-state index is -0.397. The van der Waals surface area contributed by atoms with Crippen molar-refractivity contribution in [3.05, 3.63) is 39.6 Å². The highest BCUT2D eigenvalue weighted by molar-refractivity contribution is 5.78. The van der Waals surface area contributed by atoms with E-state index in [1.54, 1.807) is 25.8 Å². The average molecular weight is 276 g/mol. The van der Waals surface area contributed by atoms with E-state index in [0.29, 0.717) is 23.8 Å². The Hall–Kier alpha value is -2.51. The minimum Gasteiger partial charge on any atom is -0.338 e. The summed E-state index contributed by atoms with van der Waals surface area (Å²) in [4.78, 5) is 35.3. The first kappa shape index (κ1) is 13.9. The molecule has 2 aromatic rings. The van der Waals surface area contributed by atoms with Crippen LogP contribution in [0.1, 0.15) is 22.8 Å². The molecule has 0 saturated heterocycles. The van der Waals surface area contributed by atoms with Gasteiger partial charge in [-0.05, 0) is 13.8 Å². The van der Waals surface area contributed by atoms with E-state index in [1.807, 2.05) is 0 Å². The van der Waals surface area contributed by atoms with E-state index in [9.17, 15) is 9.59 Å². The predicted molar refractivity (Wildman–Crippen MR) is 70.9 cm³/mol. The fraction of sp³-hybridized carbons (Fsp3) is 0.417. The van der Waals surface area contributed by atoms with Gasteiger partial charge in [-0.15, -0.1) is 0 Å². The van der Waals surface area contributed by atoms with Gasteiger partial charge in [-0.3, -0.25) is 9.89 Å². The van der Waals surface area contributed by atoms with Crippen LogP contribution in [0.2, 0.25) is 0 Å². The monoisotopic (exact) mass is 276 g/mol. The molecule has 2 aromatic heterocycles. The number of aromatic amines is 2. The van der Waals surface area contributed by atoms with Gasteiger partial charge in [-0.25, -0.2) is 9.78 Å². The Balaban J connectivity index is 2.10. The van der Waals surface area contributed by atoms with E-state index in [-0.39, 0.29) is 12.3 Å². The second-order valence-electron chi connectivity index (χ2n) is 4.59. The van der Waals surface area contributed by atoms with Crippen molar-refractivity contribution in [3.8, 4) is 0 Å². The van der Waals surface area contributed by atoms with Crippen LogP contribution in [0.15, 0.2) is 11.1 Å². The number of amides is 1. The molecule has 0 spiro atoms. The van der Waals surface area contributed by atoms with Crippen LogP contribution >= 0.6 is 0 Å². The summed E-state index contributed by atoms with van der Waals surface area (Å²) < 4.78 is 0. The first-order valence-corrected chi connectivity index (χ1v) is 6.12. The highest BCUT2D eigenvalue weighted by Gasteiger charge is 2.15. The predicted octanol–water partition coefficient (Wildman–Crippen LogP) is -0.294. The van der Waals surface area contributed by atoms with Crippen molar-refractivity contribution in [2.24, 2.45) is 0 Å². The van der Waals surface area contributed by atoms with Crippen LogP contribution in [0.5, 0.6) is 0 Å². The zero-order valence-electron chi connectivity index (χ0n) is 11.6. The Morgan fingerprint density at radius 3 is 2.75 bits per heavy atom. The van der Waals surface area contributed by atoms with Gasteiger partial charge in [0, 0.05) is 24.0 Å². The van der Waals surface area contributed by atoms with Gasteiger partial charge in [0.2, 0.25) is 5.91 Å². The molecule has 106 valence electrons. The normalized spacial score (nSPS) is 10.6. The van der Waals surface area contributed by atoms with Crippen LogP contribution in [0, 0.1) is 13.8 Å². The Morgan fingerprint density at radius 2 is 2.15 bits per heavy atom. The van der Waals surface area contributed by atoms with Gasteiger partial charge in [0.15, 0.2) is 0 Å². The lowest BCUT2D eigenvalue weighted by atomic mass is 10.1. The molecule has 0 aliphatic rings. The number of aromatic nitrogens is 5.